The Morgan fingerprint density at radius 2 is 1.40 bits per heavy atom. The molecule has 0 N–H and O–H groups in total. The molecule has 0 saturated carbocycles. The Bertz CT molecular complexity index is 2380. The zero-order chi connectivity index (χ0) is 31.6. The van der Waals surface area contributed by atoms with Gasteiger partial charge in [-0.05, 0) is 132 Å². The standard InChI is InChI=1S/C46H36N2/c1-4-13-31(14-5-1)33-29-41-39-21-11-10-20-38(39)40-22-12-15-32-23-28-42-46(44(32)40)45(41)43(30-33)48(42)37-26-24-36(25-27-37)47(34-16-6-2-7-17-34)35-18-8-3-9-19-35/h1-2,4-8,10-19,21,23-30,38,40H,3,9,20,22H2. The molecule has 6 aromatic rings. The zero-order valence-corrected chi connectivity index (χ0v) is 26.9. The smallest absolute Gasteiger partial charge is 0.0553 e. The molecule has 0 amide bonds. The Balaban J connectivity index is 1.24. The van der Waals surface area contributed by atoms with Crippen molar-refractivity contribution in [3.05, 3.63) is 174 Å². The molecular weight excluding hydrogens is 581 g/mol. The van der Waals surface area contributed by atoms with Gasteiger partial charge < -0.3 is 9.47 Å². The lowest BCUT2D eigenvalue weighted by Crippen LogP contribution is -2.17. The second kappa shape index (κ2) is 11.0. The number of hydrogen-bond donors (Lipinski definition) is 0. The molecule has 2 atom stereocenters. The molecule has 2 unspecified atom stereocenters. The van der Waals surface area contributed by atoms with Crippen molar-refractivity contribution in [2.24, 2.45) is 5.92 Å². The zero-order valence-electron chi connectivity index (χ0n) is 26.9. The summed E-state index contributed by atoms with van der Waals surface area (Å²) in [6.45, 7) is 0. The second-order valence-electron chi connectivity index (χ2n) is 13.5. The predicted octanol–water partition coefficient (Wildman–Crippen LogP) is 12.3. The molecule has 1 heterocycles. The van der Waals surface area contributed by atoms with E-state index in [-0.39, 0.29) is 0 Å². The minimum Gasteiger partial charge on any atom is -0.311 e. The van der Waals surface area contributed by atoms with Gasteiger partial charge in [-0.15, -0.1) is 0 Å². The summed E-state index contributed by atoms with van der Waals surface area (Å²) < 4.78 is 2.53. The molecule has 4 aliphatic carbocycles. The average Bonchev–Trinajstić information content (AvgIpc) is 3.44. The lowest BCUT2D eigenvalue weighted by atomic mass is 9.72. The monoisotopic (exact) mass is 616 g/mol. The molecule has 1 aromatic heterocycles. The number of fused-ring (bicyclic) bond motifs is 3. The fraction of sp³-hybridized carbons (Fsp3) is 0.130. The van der Waals surface area contributed by atoms with E-state index in [9.17, 15) is 0 Å². The predicted molar refractivity (Wildman–Crippen MR) is 203 cm³/mol. The van der Waals surface area contributed by atoms with E-state index in [1.807, 2.05) is 0 Å². The summed E-state index contributed by atoms with van der Waals surface area (Å²) in [5, 5.41) is 2.84. The van der Waals surface area contributed by atoms with Crippen LogP contribution in [0, 0.1) is 5.92 Å². The fourth-order valence-electron chi connectivity index (χ4n) is 8.80. The summed E-state index contributed by atoms with van der Waals surface area (Å²) in [6.07, 6.45) is 23.1. The summed E-state index contributed by atoms with van der Waals surface area (Å²) in [6, 6.07) is 40.5. The summed E-state index contributed by atoms with van der Waals surface area (Å²) in [4.78, 5) is 2.38. The minimum absolute atomic E-state index is 0.468. The van der Waals surface area contributed by atoms with E-state index in [0.29, 0.717) is 11.8 Å². The maximum atomic E-state index is 2.53. The van der Waals surface area contributed by atoms with Crippen LogP contribution < -0.4 is 4.90 Å². The molecule has 0 saturated heterocycles. The Labute approximate surface area is 282 Å². The van der Waals surface area contributed by atoms with Crippen molar-refractivity contribution in [3.8, 4) is 16.8 Å². The summed E-state index contributed by atoms with van der Waals surface area (Å²) in [7, 11) is 0. The van der Waals surface area contributed by atoms with Crippen LogP contribution in [0.2, 0.25) is 0 Å². The van der Waals surface area contributed by atoms with Crippen molar-refractivity contribution in [1.29, 1.82) is 0 Å². The SMILES string of the molecule is C1=CCC2C(=C1)c1cc(-c3ccccc3)cc3c1c1c4c(ccc1n3-c1ccc(N(C3=CCCC=C3)c3ccccc3)cc1)C=CCC42. The first-order valence-electron chi connectivity index (χ1n) is 17.4. The highest BCUT2D eigenvalue weighted by molar-refractivity contribution is 6.18. The molecule has 4 aliphatic rings. The first-order chi connectivity index (χ1) is 23.8. The van der Waals surface area contributed by atoms with Gasteiger partial charge in [0.15, 0.2) is 0 Å². The van der Waals surface area contributed by atoms with Gasteiger partial charge in [-0.2, -0.15) is 0 Å². The number of para-hydroxylation sites is 1. The molecule has 48 heavy (non-hydrogen) atoms. The van der Waals surface area contributed by atoms with Crippen LogP contribution in [-0.2, 0) is 0 Å². The molecule has 10 rings (SSSR count). The lowest BCUT2D eigenvalue weighted by Gasteiger charge is -2.32. The van der Waals surface area contributed by atoms with E-state index in [1.165, 1.54) is 72.4 Å². The number of allylic oxidation sites excluding steroid dienone is 8. The van der Waals surface area contributed by atoms with Gasteiger partial charge in [0.05, 0.1) is 11.0 Å². The molecule has 0 radical (unpaired) electrons. The van der Waals surface area contributed by atoms with Crippen molar-refractivity contribution < 1.29 is 0 Å². The van der Waals surface area contributed by atoms with E-state index >= 15 is 0 Å². The van der Waals surface area contributed by atoms with Gasteiger partial charge in [-0.3, -0.25) is 0 Å². The van der Waals surface area contributed by atoms with Gasteiger partial charge in [0, 0.05) is 33.5 Å². The summed E-state index contributed by atoms with van der Waals surface area (Å²) in [5.41, 5.74) is 15.7. The van der Waals surface area contributed by atoms with Crippen LogP contribution in [0.5, 0.6) is 0 Å². The maximum Gasteiger partial charge on any atom is 0.0553 e. The van der Waals surface area contributed by atoms with Crippen molar-refractivity contribution >= 4 is 44.8 Å². The van der Waals surface area contributed by atoms with E-state index in [4.69, 9.17) is 0 Å². The number of nitrogens with zero attached hydrogens (tertiary/aromatic N) is 2. The van der Waals surface area contributed by atoms with Crippen molar-refractivity contribution in [2.75, 3.05) is 4.90 Å². The highest BCUT2D eigenvalue weighted by Gasteiger charge is 2.36. The number of hydrogen-bond acceptors (Lipinski definition) is 1. The Kier molecular flexibility index (Phi) is 6.30. The Hall–Kier alpha value is -5.60. The second-order valence-corrected chi connectivity index (χ2v) is 13.5. The van der Waals surface area contributed by atoms with Crippen LogP contribution in [0.1, 0.15) is 48.3 Å². The van der Waals surface area contributed by atoms with Gasteiger partial charge in [0.1, 0.15) is 0 Å². The van der Waals surface area contributed by atoms with Gasteiger partial charge in [0.25, 0.3) is 0 Å². The van der Waals surface area contributed by atoms with E-state index in [0.717, 1.165) is 25.7 Å². The van der Waals surface area contributed by atoms with Gasteiger partial charge in [0.2, 0.25) is 0 Å². The molecule has 5 aromatic carbocycles. The van der Waals surface area contributed by atoms with Gasteiger partial charge >= 0.3 is 0 Å². The van der Waals surface area contributed by atoms with Crippen molar-refractivity contribution in [1.82, 2.24) is 4.57 Å². The van der Waals surface area contributed by atoms with Crippen LogP contribution in [-0.4, -0.2) is 4.57 Å². The van der Waals surface area contributed by atoms with Crippen LogP contribution in [0.3, 0.4) is 0 Å². The molecule has 230 valence electrons. The molecule has 0 spiro atoms. The molecule has 0 aliphatic heterocycles. The Morgan fingerprint density at radius 1 is 0.604 bits per heavy atom. The molecule has 2 heteroatoms. The van der Waals surface area contributed by atoms with E-state index in [1.54, 1.807) is 5.56 Å². The van der Waals surface area contributed by atoms with E-state index in [2.05, 4.69) is 167 Å². The fourth-order valence-corrected chi connectivity index (χ4v) is 8.80. The maximum absolute atomic E-state index is 2.53. The molecule has 0 fully saturated rings. The van der Waals surface area contributed by atoms with Gasteiger partial charge in [-0.25, -0.2) is 0 Å². The van der Waals surface area contributed by atoms with Crippen molar-refractivity contribution in [2.45, 2.75) is 31.6 Å². The number of anilines is 2. The van der Waals surface area contributed by atoms with Crippen LogP contribution in [0.15, 0.2) is 157 Å². The third-order valence-corrected chi connectivity index (χ3v) is 10.9. The number of rotatable bonds is 5. The number of aromatic nitrogens is 1. The lowest BCUT2D eigenvalue weighted by molar-refractivity contribution is 0.528. The van der Waals surface area contributed by atoms with E-state index < -0.39 is 0 Å². The van der Waals surface area contributed by atoms with Gasteiger partial charge in [-0.1, -0.05) is 97.1 Å². The first-order valence-corrected chi connectivity index (χ1v) is 17.4. The largest absolute Gasteiger partial charge is 0.311 e. The van der Waals surface area contributed by atoms with Crippen LogP contribution in [0.4, 0.5) is 11.4 Å². The number of benzene rings is 5. The molecule has 2 nitrogen and oxygen atoms in total. The van der Waals surface area contributed by atoms with Crippen molar-refractivity contribution in [3.63, 3.8) is 0 Å². The Morgan fingerprint density at radius 3 is 2.21 bits per heavy atom. The average molecular weight is 617 g/mol. The van der Waals surface area contributed by atoms with Crippen LogP contribution >= 0.6 is 0 Å². The summed E-state index contributed by atoms with van der Waals surface area (Å²) >= 11 is 0. The highest BCUT2D eigenvalue weighted by Crippen LogP contribution is 2.54. The third kappa shape index (κ3) is 4.19. The highest BCUT2D eigenvalue weighted by atomic mass is 15.1. The quantitative estimate of drug-likeness (QED) is 0.187. The summed E-state index contributed by atoms with van der Waals surface area (Å²) in [5.74, 6) is 0.945. The molecular formula is C46H36N2. The van der Waals surface area contributed by atoms with Crippen LogP contribution in [0.25, 0.3) is 50.3 Å². The topological polar surface area (TPSA) is 8.17 Å². The molecule has 0 bridgehead atoms. The normalized spacial score (nSPS) is 18.9. The first kappa shape index (κ1) is 27.5. The third-order valence-electron chi connectivity index (χ3n) is 10.9. The minimum atomic E-state index is 0.468.